The van der Waals surface area contributed by atoms with Gasteiger partial charge in [0.25, 0.3) is 0 Å². The van der Waals surface area contributed by atoms with Crippen LogP contribution in [0.3, 0.4) is 0 Å². The Morgan fingerprint density at radius 2 is 0.708 bits per heavy atom. The third-order valence-corrected chi connectivity index (χ3v) is 4.27. The van der Waals surface area contributed by atoms with E-state index in [1.54, 1.807) is 24.3 Å². The minimum Gasteiger partial charge on any atom is -0.285 e. The number of fused-ring (bicyclic) bond motifs is 2. The molecule has 24 heavy (non-hydrogen) atoms. The van der Waals surface area contributed by atoms with Crippen LogP contribution < -0.4 is 0 Å². The van der Waals surface area contributed by atoms with Gasteiger partial charge in [-0.15, -0.1) is 0 Å². The second kappa shape index (κ2) is 5.74. The molecule has 0 aromatic rings. The SMILES string of the molecule is O=C(C(=O)c1ccc2cccc-2cc1)c1ccc2cccc-2cc1. The van der Waals surface area contributed by atoms with E-state index in [0.29, 0.717) is 11.1 Å². The molecule has 4 aliphatic carbocycles. The monoisotopic (exact) mass is 310 g/mol. The van der Waals surface area contributed by atoms with Crippen LogP contribution in [-0.2, 0) is 0 Å². The van der Waals surface area contributed by atoms with E-state index in [2.05, 4.69) is 0 Å². The van der Waals surface area contributed by atoms with Crippen molar-refractivity contribution in [3.8, 4) is 22.3 Å². The third-order valence-electron chi connectivity index (χ3n) is 4.27. The van der Waals surface area contributed by atoms with Crippen LogP contribution in [0.2, 0.25) is 0 Å². The highest BCUT2D eigenvalue weighted by Crippen LogP contribution is 2.23. The zero-order valence-corrected chi connectivity index (χ0v) is 12.9. The molecule has 0 saturated heterocycles. The molecular weight excluding hydrogens is 296 g/mol. The van der Waals surface area contributed by atoms with Crippen molar-refractivity contribution in [1.82, 2.24) is 0 Å². The average Bonchev–Trinajstić information content (AvgIpc) is 3.13. The lowest BCUT2D eigenvalue weighted by atomic mass is 10.0. The van der Waals surface area contributed by atoms with E-state index in [0.717, 1.165) is 22.3 Å². The Morgan fingerprint density at radius 1 is 0.417 bits per heavy atom. The van der Waals surface area contributed by atoms with Crippen molar-refractivity contribution < 1.29 is 9.59 Å². The highest BCUT2D eigenvalue weighted by Gasteiger charge is 2.18. The molecule has 0 N–H and O–H groups in total. The van der Waals surface area contributed by atoms with Crippen LogP contribution in [0.5, 0.6) is 0 Å². The fourth-order valence-corrected chi connectivity index (χ4v) is 2.90. The molecule has 0 bridgehead atoms. The summed E-state index contributed by atoms with van der Waals surface area (Å²) < 4.78 is 0. The van der Waals surface area contributed by atoms with Crippen LogP contribution in [0.25, 0.3) is 22.3 Å². The summed E-state index contributed by atoms with van der Waals surface area (Å²) >= 11 is 0. The number of carbonyl (C=O) groups is 2. The molecule has 0 heterocycles. The summed E-state index contributed by atoms with van der Waals surface area (Å²) in [6, 6.07) is 26.2. The van der Waals surface area contributed by atoms with Gasteiger partial charge in [-0.3, -0.25) is 9.59 Å². The first kappa shape index (κ1) is 14.3. The lowest BCUT2D eigenvalue weighted by Crippen LogP contribution is -2.13. The number of Topliss-reactive ketones (excluding diaryl/α,β-unsaturated/α-hetero) is 2. The van der Waals surface area contributed by atoms with Gasteiger partial charge in [0, 0.05) is 11.1 Å². The average molecular weight is 310 g/mol. The summed E-state index contributed by atoms with van der Waals surface area (Å²) in [6.45, 7) is 0. The minimum atomic E-state index is -0.487. The normalized spacial score (nSPS) is 10.8. The summed E-state index contributed by atoms with van der Waals surface area (Å²) in [6.07, 6.45) is 0. The smallest absolute Gasteiger partial charge is 0.233 e. The van der Waals surface area contributed by atoms with Crippen LogP contribution in [0.4, 0.5) is 0 Å². The van der Waals surface area contributed by atoms with Gasteiger partial charge in [-0.05, 0) is 22.3 Å². The molecule has 0 unspecified atom stereocenters. The van der Waals surface area contributed by atoms with E-state index in [-0.39, 0.29) is 0 Å². The lowest BCUT2D eigenvalue weighted by molar-refractivity contribution is 0.0817. The number of ketones is 2. The van der Waals surface area contributed by atoms with Gasteiger partial charge in [-0.1, -0.05) is 84.9 Å². The van der Waals surface area contributed by atoms with Crippen molar-refractivity contribution in [1.29, 1.82) is 0 Å². The van der Waals surface area contributed by atoms with Crippen molar-refractivity contribution >= 4 is 11.6 Å². The molecule has 0 atom stereocenters. The Labute approximate surface area is 140 Å². The van der Waals surface area contributed by atoms with Gasteiger partial charge in [0.15, 0.2) is 0 Å². The Bertz CT molecular complexity index is 856. The molecule has 0 spiro atoms. The van der Waals surface area contributed by atoms with Gasteiger partial charge in [0.05, 0.1) is 0 Å². The van der Waals surface area contributed by atoms with Crippen LogP contribution in [0.1, 0.15) is 20.7 Å². The van der Waals surface area contributed by atoms with Crippen molar-refractivity contribution in [2.45, 2.75) is 0 Å². The maximum Gasteiger partial charge on any atom is 0.233 e. The van der Waals surface area contributed by atoms with Gasteiger partial charge in [-0.25, -0.2) is 0 Å². The fraction of sp³-hybridized carbons (Fsp3) is 0. The van der Waals surface area contributed by atoms with Gasteiger partial charge in [-0.2, -0.15) is 0 Å². The first-order valence-electron chi connectivity index (χ1n) is 7.79. The van der Waals surface area contributed by atoms with E-state index >= 15 is 0 Å². The number of carbonyl (C=O) groups excluding carboxylic acids is 2. The second-order valence-electron chi connectivity index (χ2n) is 5.78. The van der Waals surface area contributed by atoms with Crippen LogP contribution in [0, 0.1) is 0 Å². The Morgan fingerprint density at radius 3 is 1.00 bits per heavy atom. The molecule has 2 heteroatoms. The van der Waals surface area contributed by atoms with E-state index in [1.165, 1.54) is 0 Å². The maximum atomic E-state index is 12.6. The first-order chi connectivity index (χ1) is 11.7. The molecule has 4 aliphatic rings. The molecule has 4 rings (SSSR count). The van der Waals surface area contributed by atoms with Crippen LogP contribution >= 0.6 is 0 Å². The minimum absolute atomic E-state index is 0.404. The fourth-order valence-electron chi connectivity index (χ4n) is 2.90. The molecule has 0 aliphatic heterocycles. The summed E-state index contributed by atoms with van der Waals surface area (Å²) in [7, 11) is 0. The summed E-state index contributed by atoms with van der Waals surface area (Å²) in [5, 5.41) is 0. The quantitative estimate of drug-likeness (QED) is 0.396. The largest absolute Gasteiger partial charge is 0.285 e. The van der Waals surface area contributed by atoms with Gasteiger partial charge in [0.1, 0.15) is 0 Å². The maximum absolute atomic E-state index is 12.6. The van der Waals surface area contributed by atoms with Crippen molar-refractivity contribution in [3.63, 3.8) is 0 Å². The molecule has 0 amide bonds. The van der Waals surface area contributed by atoms with Gasteiger partial charge >= 0.3 is 0 Å². The predicted molar refractivity (Wildman–Crippen MR) is 94.8 cm³/mol. The molecule has 0 radical (unpaired) electrons. The summed E-state index contributed by atoms with van der Waals surface area (Å²) in [5.74, 6) is -0.975. The van der Waals surface area contributed by atoms with Crippen molar-refractivity contribution in [3.05, 3.63) is 96.1 Å². The van der Waals surface area contributed by atoms with Gasteiger partial charge < -0.3 is 0 Å². The topological polar surface area (TPSA) is 34.1 Å². The zero-order chi connectivity index (χ0) is 16.5. The highest BCUT2D eigenvalue weighted by molar-refractivity contribution is 6.49. The molecule has 2 nitrogen and oxygen atoms in total. The van der Waals surface area contributed by atoms with Gasteiger partial charge in [0.2, 0.25) is 11.6 Å². The molecular formula is C22H14O2. The zero-order valence-electron chi connectivity index (χ0n) is 12.9. The first-order valence-corrected chi connectivity index (χ1v) is 7.79. The van der Waals surface area contributed by atoms with Crippen LogP contribution in [0.15, 0.2) is 84.9 Å². The lowest BCUT2D eigenvalue weighted by Gasteiger charge is -1.97. The molecule has 114 valence electrons. The molecule has 0 saturated carbocycles. The van der Waals surface area contributed by atoms with E-state index in [1.807, 2.05) is 60.7 Å². The van der Waals surface area contributed by atoms with Crippen molar-refractivity contribution in [2.75, 3.05) is 0 Å². The standard InChI is InChI=1S/C22H14O2/c23-21(19-11-7-15-3-1-4-16(15)8-12-19)22(24)20-13-9-17-5-2-6-18(17)10-14-20/h1-14H. The van der Waals surface area contributed by atoms with E-state index in [4.69, 9.17) is 0 Å². The van der Waals surface area contributed by atoms with Crippen molar-refractivity contribution in [2.24, 2.45) is 0 Å². The summed E-state index contributed by atoms with van der Waals surface area (Å²) in [4.78, 5) is 25.1. The molecule has 0 aromatic carbocycles. The Hall–Kier alpha value is -3.26. The molecule has 0 fully saturated rings. The predicted octanol–water partition coefficient (Wildman–Crippen LogP) is 4.96. The highest BCUT2D eigenvalue weighted by atomic mass is 16.2. The third kappa shape index (κ3) is 2.48. The number of rotatable bonds is 3. The van der Waals surface area contributed by atoms with E-state index in [9.17, 15) is 9.59 Å². The molecule has 0 aromatic heterocycles. The summed E-state index contributed by atoms with van der Waals surface area (Å²) in [5.41, 5.74) is 5.00. The Kier molecular flexibility index (Phi) is 3.43. The van der Waals surface area contributed by atoms with E-state index < -0.39 is 11.6 Å². The number of hydrogen-bond acceptors (Lipinski definition) is 2. The van der Waals surface area contributed by atoms with Crippen LogP contribution in [-0.4, -0.2) is 11.6 Å². The number of hydrogen-bond donors (Lipinski definition) is 0. The second-order valence-corrected chi connectivity index (χ2v) is 5.78. The Balaban J connectivity index is 1.70.